The molecule has 0 saturated carbocycles. The van der Waals surface area contributed by atoms with Crippen LogP contribution < -0.4 is 0 Å². The van der Waals surface area contributed by atoms with E-state index in [9.17, 15) is 57.5 Å². The molecule has 0 aliphatic carbocycles. The topological polar surface area (TPSA) is 273 Å². The summed E-state index contributed by atoms with van der Waals surface area (Å²) < 4.78 is 33.5. The number of hydrogen-bond donors (Lipinski definition) is 0. The maximum absolute atomic E-state index is 11.9. The molecule has 0 bridgehead atoms. The number of ketones is 6. The molecule has 89 heavy (non-hydrogen) atoms. The van der Waals surface area contributed by atoms with Gasteiger partial charge in [-0.25, -0.2) is 28.8 Å². The van der Waals surface area contributed by atoms with Gasteiger partial charge >= 0.3 is 35.8 Å². The van der Waals surface area contributed by atoms with Gasteiger partial charge in [-0.15, -0.1) is 22.9 Å². The van der Waals surface area contributed by atoms with Crippen LogP contribution >= 0.6 is 46.5 Å². The molecule has 23 heteroatoms. The molecule has 6 rings (SSSR count). The summed E-state index contributed by atoms with van der Waals surface area (Å²) in [5, 5.41) is 2.54. The highest BCUT2D eigenvalue weighted by Gasteiger charge is 2.24. The van der Waals surface area contributed by atoms with Crippen LogP contribution in [0.2, 0.25) is 0 Å². The predicted molar refractivity (Wildman–Crippen MR) is 343 cm³/mol. The highest BCUT2D eigenvalue weighted by Crippen LogP contribution is 2.27. The van der Waals surface area contributed by atoms with Crippen molar-refractivity contribution in [2.75, 3.05) is 57.0 Å². The fourth-order valence-corrected chi connectivity index (χ4v) is 9.76. The van der Waals surface area contributed by atoms with Gasteiger partial charge in [0.2, 0.25) is 11.6 Å². The third-order valence-corrected chi connectivity index (χ3v) is 15.3. The van der Waals surface area contributed by atoms with Crippen LogP contribution in [0.4, 0.5) is 0 Å². The molecular formula is C66H75ClO19S3. The lowest BCUT2D eigenvalue weighted by molar-refractivity contribution is -0.141. The molecule has 2 saturated heterocycles. The van der Waals surface area contributed by atoms with Crippen molar-refractivity contribution < 1.29 is 90.4 Å². The summed E-state index contributed by atoms with van der Waals surface area (Å²) in [5.41, 5.74) is 0.990. The Hall–Kier alpha value is -8.31. The zero-order valence-corrected chi connectivity index (χ0v) is 53.8. The lowest BCUT2D eigenvalue weighted by Gasteiger charge is -2.10. The van der Waals surface area contributed by atoms with Gasteiger partial charge in [-0.2, -0.15) is 23.5 Å². The van der Waals surface area contributed by atoms with Crippen LogP contribution in [0.5, 0.6) is 0 Å². The number of hydrogen-bond acceptors (Lipinski definition) is 22. The van der Waals surface area contributed by atoms with Gasteiger partial charge in [0.05, 0.1) is 65.7 Å². The zero-order valence-electron chi connectivity index (χ0n) is 50.6. The van der Waals surface area contributed by atoms with Crippen molar-refractivity contribution in [3.8, 4) is 0 Å². The number of carbonyl (C=O) groups excluding carboxylic acids is 12. The van der Waals surface area contributed by atoms with E-state index in [0.29, 0.717) is 28.6 Å². The molecule has 0 amide bonds. The lowest BCUT2D eigenvalue weighted by atomic mass is 10.0. The first-order valence-corrected chi connectivity index (χ1v) is 31.2. The molecule has 2 aromatic heterocycles. The second-order valence-corrected chi connectivity index (χ2v) is 22.1. The fourth-order valence-electron chi connectivity index (χ4n) is 6.58. The number of Topliss-reactive ketones (excluding diaryl/α,β-unsaturated/α-hetero) is 6. The van der Waals surface area contributed by atoms with Crippen molar-refractivity contribution in [1.82, 2.24) is 0 Å². The Labute approximate surface area is 536 Å². The highest BCUT2D eigenvalue weighted by atomic mass is 35.5. The molecule has 2 fully saturated rings. The third kappa shape index (κ3) is 31.4. The second kappa shape index (κ2) is 45.0. The number of benzene rings is 2. The second-order valence-electron chi connectivity index (χ2n) is 18.1. The third-order valence-electron chi connectivity index (χ3n) is 11.4. The first-order chi connectivity index (χ1) is 42.4. The number of halogens is 1. The molecule has 478 valence electrons. The normalized spacial score (nSPS) is 13.0. The van der Waals surface area contributed by atoms with E-state index in [1.54, 1.807) is 51.3 Å². The van der Waals surface area contributed by atoms with Crippen LogP contribution in [-0.2, 0) is 89.2 Å². The average molecular weight is 1300 g/mol. The van der Waals surface area contributed by atoms with E-state index < -0.39 is 47.4 Å². The first-order valence-electron chi connectivity index (χ1n) is 27.7. The molecular weight excluding hydrogens is 1230 g/mol. The molecule has 0 N–H and O–H groups in total. The SMILES string of the molecule is C=C(C(=O)CCl)C(=O)OCC.C=C(C(=O)Cc1ccccc1)C(=O)OCC.C=C(C(=O)Cc1ccccc1)C(=O)OCC1CCCS1.C=C(C(=O)OCC)C(=O)c1ccco1.C=C(C(=O)OCC)C(=O)c1cccs1.C=C(C(C)=O)C(=O)OCC1CCCS1. The van der Waals surface area contributed by atoms with Gasteiger partial charge in [0, 0.05) is 23.3 Å². The quantitative estimate of drug-likeness (QED) is 0.0102. The molecule has 2 aliphatic heterocycles. The van der Waals surface area contributed by atoms with E-state index in [1.165, 1.54) is 43.4 Å². The maximum Gasteiger partial charge on any atom is 0.341 e. The molecule has 4 aromatic rings. The van der Waals surface area contributed by atoms with Crippen molar-refractivity contribution in [3.05, 3.63) is 191 Å². The number of esters is 6. The maximum atomic E-state index is 11.9. The van der Waals surface area contributed by atoms with E-state index in [0.717, 1.165) is 35.5 Å². The summed E-state index contributed by atoms with van der Waals surface area (Å²) in [5.74, 6) is -4.06. The van der Waals surface area contributed by atoms with Gasteiger partial charge in [-0.05, 0) is 107 Å². The number of thiophene rings is 1. The molecule has 2 atom stereocenters. The van der Waals surface area contributed by atoms with Crippen molar-refractivity contribution in [3.63, 3.8) is 0 Å². The Balaban J connectivity index is 0.000000539. The van der Waals surface area contributed by atoms with Crippen LogP contribution in [0.15, 0.2) is 174 Å². The number of thioether (sulfide) groups is 2. The number of carbonyl (C=O) groups is 12. The standard InChI is InChI=1S/C16H18O3S.C13H14O3.C10H10O4.C10H14O3S.C10H10O3S.C7H9ClO3/c1-12(15(17)10-13-6-3-2-4-7-13)16(18)19-11-14-8-5-9-20-14;1-3-16-13(15)10(2)12(14)9-11-7-5-4-6-8-11;1-3-13-10(12)7(2)9(11)8-5-4-6-14-8;1-7(8(2)11)10(12)13-6-9-4-3-5-14-9;1-3-13-10(12)7(2)9(11)8-5-4-6-14-8;1-3-11-7(10)5(2)6(9)4-8/h2-4,6-7,14H,1,5,8-11H2;4-8H,2-3,9H2,1H3;4-6H,2-3H2,1H3;9H,1,3-6H2,2H3;4-6H,2-3H2,1H3;2-4H2,1H3. The van der Waals surface area contributed by atoms with Crippen molar-refractivity contribution in [2.45, 2.75) is 83.6 Å². The first kappa shape index (κ1) is 78.7. The Morgan fingerprint density at radius 3 is 1.19 bits per heavy atom. The Bertz CT molecular complexity index is 3010. The Morgan fingerprint density at radius 1 is 0.472 bits per heavy atom. The molecule has 2 aromatic carbocycles. The molecule has 2 unspecified atom stereocenters. The highest BCUT2D eigenvalue weighted by molar-refractivity contribution is 8.00. The Kier molecular flexibility index (Phi) is 39.8. The summed E-state index contributed by atoms with van der Waals surface area (Å²) in [6.07, 6.45) is 6.23. The molecule has 19 nitrogen and oxygen atoms in total. The van der Waals surface area contributed by atoms with Gasteiger partial charge in [-0.1, -0.05) is 106 Å². The molecule has 2 aliphatic rings. The van der Waals surface area contributed by atoms with Crippen LogP contribution in [0, 0.1) is 0 Å². The lowest BCUT2D eigenvalue weighted by Crippen LogP contribution is -2.20. The largest absolute Gasteiger partial charge is 0.462 e. The number of ether oxygens (including phenoxy) is 6. The van der Waals surface area contributed by atoms with Crippen LogP contribution in [0.1, 0.15) is 91.7 Å². The van der Waals surface area contributed by atoms with Crippen molar-refractivity contribution in [2.24, 2.45) is 0 Å². The van der Waals surface area contributed by atoms with Crippen LogP contribution in [-0.4, -0.2) is 138 Å². The smallest absolute Gasteiger partial charge is 0.341 e. The van der Waals surface area contributed by atoms with E-state index in [4.69, 9.17) is 30.2 Å². The van der Waals surface area contributed by atoms with Crippen molar-refractivity contribution in [1.29, 1.82) is 0 Å². The Morgan fingerprint density at radius 2 is 0.854 bits per heavy atom. The number of alkyl halides is 1. The van der Waals surface area contributed by atoms with E-state index in [-0.39, 0.29) is 107 Å². The summed E-state index contributed by atoms with van der Waals surface area (Å²) in [4.78, 5) is 136. The van der Waals surface area contributed by atoms with E-state index in [1.807, 2.05) is 84.2 Å². The molecule has 0 radical (unpaired) electrons. The minimum Gasteiger partial charge on any atom is -0.462 e. The summed E-state index contributed by atoms with van der Waals surface area (Å²) in [6.45, 7) is 30.1. The molecule has 4 heterocycles. The van der Waals surface area contributed by atoms with E-state index >= 15 is 0 Å². The van der Waals surface area contributed by atoms with E-state index in [2.05, 4.69) is 53.7 Å². The summed E-state index contributed by atoms with van der Waals surface area (Å²) >= 11 is 10.1. The van der Waals surface area contributed by atoms with Gasteiger partial charge in [0.1, 0.15) is 24.4 Å². The number of furan rings is 1. The van der Waals surface area contributed by atoms with Crippen LogP contribution in [0.25, 0.3) is 0 Å². The summed E-state index contributed by atoms with van der Waals surface area (Å²) in [7, 11) is 0. The fraction of sp³-hybridized carbons (Fsp3) is 0.333. The van der Waals surface area contributed by atoms with Gasteiger partial charge in [0.15, 0.2) is 28.9 Å². The number of rotatable bonds is 27. The molecule has 0 spiro atoms. The zero-order chi connectivity index (χ0) is 66.8. The van der Waals surface area contributed by atoms with Gasteiger partial charge in [-0.3, -0.25) is 28.8 Å². The summed E-state index contributed by atoms with van der Waals surface area (Å²) in [6, 6.07) is 25.0. The minimum atomic E-state index is -0.714. The monoisotopic (exact) mass is 1300 g/mol. The van der Waals surface area contributed by atoms with Crippen molar-refractivity contribution >= 4 is 117 Å². The van der Waals surface area contributed by atoms with Gasteiger partial charge in [0.25, 0.3) is 0 Å². The average Bonchev–Trinajstić information content (AvgIpc) is 4.61. The minimum absolute atomic E-state index is 0.0585. The van der Waals surface area contributed by atoms with Gasteiger partial charge < -0.3 is 32.8 Å². The van der Waals surface area contributed by atoms with Crippen LogP contribution in [0.3, 0.4) is 0 Å². The predicted octanol–water partition coefficient (Wildman–Crippen LogP) is 10.8.